The van der Waals surface area contributed by atoms with Crippen LogP contribution in [0.1, 0.15) is 264 Å². The minimum Gasteiger partial charge on any atom is -0.480 e. The van der Waals surface area contributed by atoms with Crippen LogP contribution in [-0.4, -0.2) is 64.9 Å². The quantitative estimate of drug-likeness (QED) is 0.0199. The van der Waals surface area contributed by atoms with E-state index in [9.17, 15) is 34.1 Å². The van der Waals surface area contributed by atoms with Gasteiger partial charge in [0.15, 0.2) is 6.04 Å². The van der Waals surface area contributed by atoms with Crippen molar-refractivity contribution >= 4 is 25.7 Å². The zero-order chi connectivity index (χ0) is 50.6. The summed E-state index contributed by atoms with van der Waals surface area (Å²) in [5.74, 6) is -2.38. The summed E-state index contributed by atoms with van der Waals surface area (Å²) < 4.78 is 27.0. The molecule has 0 rings (SSSR count). The number of carboxylic acids is 1. The summed E-state index contributed by atoms with van der Waals surface area (Å²) in [5.41, 5.74) is 0. The van der Waals surface area contributed by atoms with Gasteiger partial charge < -0.3 is 25.2 Å². The molecule has 11 nitrogen and oxygen atoms in total. The monoisotopic (exact) mass is 994 g/mol. The van der Waals surface area contributed by atoms with Crippen molar-refractivity contribution in [3.05, 3.63) is 48.6 Å². The van der Waals surface area contributed by atoms with Gasteiger partial charge in [0.05, 0.1) is 13.2 Å². The molecule has 0 bridgehead atoms. The topological polar surface area (TPSA) is 169 Å². The SMILES string of the molecule is CCCCC/C=C\C/C=C\C/C=C\C/C=C\CCCCCCCC(=O)OCC(O)COP(=O)(O)OCC(NC(=O)CCCCCCCCCCCCCCCCCCCCCCCCCC)C(=O)O. The predicted octanol–water partition coefficient (Wildman–Crippen LogP) is 16.1. The lowest BCUT2D eigenvalue weighted by Gasteiger charge is -2.18. The Morgan fingerprint density at radius 3 is 1.22 bits per heavy atom. The number of hydrogen-bond donors (Lipinski definition) is 4. The molecule has 0 spiro atoms. The van der Waals surface area contributed by atoms with E-state index in [1.807, 2.05) is 0 Å². The molecule has 0 aromatic heterocycles. The van der Waals surface area contributed by atoms with Crippen molar-refractivity contribution in [2.24, 2.45) is 0 Å². The molecule has 1 amide bonds. The summed E-state index contributed by atoms with van der Waals surface area (Å²) in [6.07, 6.45) is 61.4. The number of aliphatic carboxylic acids is 1. The summed E-state index contributed by atoms with van der Waals surface area (Å²) in [5, 5.41) is 22.0. The predicted molar refractivity (Wildman–Crippen MR) is 286 cm³/mol. The fourth-order valence-corrected chi connectivity index (χ4v) is 8.78. The number of hydrogen-bond acceptors (Lipinski definition) is 8. The zero-order valence-electron chi connectivity index (χ0n) is 44.1. The van der Waals surface area contributed by atoms with Crippen LogP contribution in [0.4, 0.5) is 0 Å². The van der Waals surface area contributed by atoms with Crippen LogP contribution in [0.25, 0.3) is 0 Å². The van der Waals surface area contributed by atoms with E-state index in [1.54, 1.807) is 0 Å². The molecule has 0 saturated heterocycles. The number of esters is 1. The lowest BCUT2D eigenvalue weighted by Crippen LogP contribution is -2.43. The van der Waals surface area contributed by atoms with Crippen molar-refractivity contribution in [2.45, 2.75) is 276 Å². The molecule has 0 fully saturated rings. The molecule has 69 heavy (non-hydrogen) atoms. The minimum atomic E-state index is -4.77. The van der Waals surface area contributed by atoms with Crippen molar-refractivity contribution in [3.8, 4) is 0 Å². The van der Waals surface area contributed by atoms with Crippen LogP contribution in [0, 0.1) is 0 Å². The standard InChI is InChI=1S/C57H104NO10P/c1-3-5-7-9-11-13-15-17-19-21-23-25-26-27-29-30-32-34-36-38-40-42-44-46-48-55(60)58-54(57(62)63)52-68-69(64,65)67-51-53(59)50-66-56(61)49-47-45-43-41-39-37-35-33-31-28-24-22-20-18-16-14-12-10-8-6-4-2/h12,14,18,20,24,28,33,35,53-54,59H,3-11,13,15-17,19,21-23,25-27,29-32,34,36-52H2,1-2H3,(H,58,60)(H,62,63)(H,64,65)/b14-12-,20-18-,28-24-,35-33-. The van der Waals surface area contributed by atoms with E-state index in [0.29, 0.717) is 12.8 Å². The second-order valence-corrected chi connectivity index (χ2v) is 20.6. The normalized spacial score (nSPS) is 13.8. The molecule has 4 N–H and O–H groups in total. The maximum Gasteiger partial charge on any atom is 0.472 e. The number of aliphatic hydroxyl groups excluding tert-OH is 1. The Labute approximate surface area is 422 Å². The number of carboxylic acid groups (broad SMARTS) is 1. The largest absolute Gasteiger partial charge is 0.480 e. The van der Waals surface area contributed by atoms with Crippen LogP contribution in [0.3, 0.4) is 0 Å². The number of aliphatic hydroxyl groups is 1. The molecule has 0 radical (unpaired) electrons. The molecule has 3 unspecified atom stereocenters. The van der Waals surface area contributed by atoms with E-state index in [0.717, 1.165) is 70.6 Å². The van der Waals surface area contributed by atoms with Crippen LogP contribution in [0.5, 0.6) is 0 Å². The Balaban J connectivity index is 3.80. The van der Waals surface area contributed by atoms with Gasteiger partial charge in [0.1, 0.15) is 12.7 Å². The number of allylic oxidation sites excluding steroid dienone is 8. The maximum atomic E-state index is 12.4. The molecule has 0 aromatic rings. The number of phosphoric ester groups is 1. The number of carbonyl (C=O) groups excluding carboxylic acids is 2. The van der Waals surface area contributed by atoms with E-state index in [-0.39, 0.29) is 12.8 Å². The van der Waals surface area contributed by atoms with E-state index < -0.39 is 57.6 Å². The van der Waals surface area contributed by atoms with Gasteiger partial charge in [-0.25, -0.2) is 9.36 Å². The van der Waals surface area contributed by atoms with Gasteiger partial charge in [-0.2, -0.15) is 0 Å². The Bertz CT molecular complexity index is 1350. The highest BCUT2D eigenvalue weighted by Crippen LogP contribution is 2.43. The highest BCUT2D eigenvalue weighted by molar-refractivity contribution is 7.47. The zero-order valence-corrected chi connectivity index (χ0v) is 45.0. The Kier molecular flexibility index (Phi) is 49.9. The van der Waals surface area contributed by atoms with Crippen molar-refractivity contribution < 1.29 is 47.8 Å². The molecule has 0 aliphatic heterocycles. The highest BCUT2D eigenvalue weighted by Gasteiger charge is 2.28. The van der Waals surface area contributed by atoms with Gasteiger partial charge in [-0.1, -0.05) is 242 Å². The van der Waals surface area contributed by atoms with Gasteiger partial charge in [0.25, 0.3) is 0 Å². The molecule has 402 valence electrons. The van der Waals surface area contributed by atoms with Crippen LogP contribution >= 0.6 is 7.82 Å². The molecular weight excluding hydrogens is 890 g/mol. The summed E-state index contributed by atoms with van der Waals surface area (Å²) >= 11 is 0. The molecule has 12 heteroatoms. The second kappa shape index (κ2) is 51.8. The van der Waals surface area contributed by atoms with E-state index in [2.05, 4.69) is 67.8 Å². The third-order valence-corrected chi connectivity index (χ3v) is 13.3. The molecule has 3 atom stereocenters. The van der Waals surface area contributed by atoms with Crippen LogP contribution in [0.2, 0.25) is 0 Å². The summed E-state index contributed by atoms with van der Waals surface area (Å²) in [7, 11) is -4.77. The number of amides is 1. The first-order chi connectivity index (χ1) is 33.6. The maximum absolute atomic E-state index is 12.4. The number of nitrogens with one attached hydrogen (secondary N) is 1. The van der Waals surface area contributed by atoms with Gasteiger partial charge in [0, 0.05) is 12.8 Å². The van der Waals surface area contributed by atoms with Crippen LogP contribution < -0.4 is 5.32 Å². The van der Waals surface area contributed by atoms with Gasteiger partial charge >= 0.3 is 19.8 Å². The fraction of sp³-hybridized carbons (Fsp3) is 0.807. The van der Waals surface area contributed by atoms with E-state index in [1.165, 1.54) is 154 Å². The summed E-state index contributed by atoms with van der Waals surface area (Å²) in [6, 6.07) is -1.55. The molecule has 0 aliphatic carbocycles. The van der Waals surface area contributed by atoms with Crippen molar-refractivity contribution in [1.82, 2.24) is 5.32 Å². The average Bonchev–Trinajstić information content (AvgIpc) is 3.33. The first-order valence-electron chi connectivity index (χ1n) is 28.2. The van der Waals surface area contributed by atoms with Gasteiger partial charge in [-0.3, -0.25) is 18.6 Å². The third-order valence-electron chi connectivity index (χ3n) is 12.4. The van der Waals surface area contributed by atoms with Crippen LogP contribution in [-0.2, 0) is 32.7 Å². The van der Waals surface area contributed by atoms with Gasteiger partial charge in [-0.15, -0.1) is 0 Å². The second-order valence-electron chi connectivity index (χ2n) is 19.1. The number of unbranched alkanes of at least 4 members (excludes halogenated alkanes) is 31. The molecule has 0 aromatic carbocycles. The third kappa shape index (κ3) is 51.6. The lowest BCUT2D eigenvalue weighted by molar-refractivity contribution is -0.147. The smallest absolute Gasteiger partial charge is 0.472 e. The van der Waals surface area contributed by atoms with E-state index >= 15 is 0 Å². The summed E-state index contributed by atoms with van der Waals surface area (Å²) in [6.45, 7) is 2.60. The van der Waals surface area contributed by atoms with E-state index in [4.69, 9.17) is 13.8 Å². The minimum absolute atomic E-state index is 0.147. The molecule has 0 saturated carbocycles. The lowest BCUT2D eigenvalue weighted by atomic mass is 10.0. The van der Waals surface area contributed by atoms with Crippen LogP contribution in [0.15, 0.2) is 48.6 Å². The molecule has 0 heterocycles. The fourth-order valence-electron chi connectivity index (χ4n) is 8.01. The van der Waals surface area contributed by atoms with Crippen molar-refractivity contribution in [3.63, 3.8) is 0 Å². The molecule has 0 aliphatic rings. The average molecular weight is 994 g/mol. The van der Waals surface area contributed by atoms with Gasteiger partial charge in [-0.05, 0) is 57.8 Å². The van der Waals surface area contributed by atoms with Crippen molar-refractivity contribution in [2.75, 3.05) is 19.8 Å². The van der Waals surface area contributed by atoms with Gasteiger partial charge in [0.2, 0.25) is 5.91 Å². The Hall–Kier alpha value is -2.56. The molecular formula is C57H104NO10P. The Morgan fingerprint density at radius 1 is 0.464 bits per heavy atom. The number of phosphoric acid groups is 1. The number of rotatable bonds is 53. The first kappa shape index (κ1) is 66.4. The number of ether oxygens (including phenoxy) is 1. The first-order valence-corrected chi connectivity index (χ1v) is 29.7. The summed E-state index contributed by atoms with van der Waals surface area (Å²) in [4.78, 5) is 46.2. The highest BCUT2D eigenvalue weighted by atomic mass is 31.2. The number of carbonyl (C=O) groups is 3. The van der Waals surface area contributed by atoms with Crippen molar-refractivity contribution in [1.29, 1.82) is 0 Å². The Morgan fingerprint density at radius 2 is 0.797 bits per heavy atom.